The molecule has 0 fully saturated rings. The molecule has 1 aromatic heterocycles. The molecule has 6 heteroatoms. The summed E-state index contributed by atoms with van der Waals surface area (Å²) in [6.45, 7) is 13.4. The first-order valence-corrected chi connectivity index (χ1v) is 10.4. The second-order valence-electron chi connectivity index (χ2n) is 6.96. The Hall–Kier alpha value is -2.34. The van der Waals surface area contributed by atoms with E-state index in [1.54, 1.807) is 0 Å². The maximum absolute atomic E-state index is 5.46. The van der Waals surface area contributed by atoms with Gasteiger partial charge in [0.05, 0.1) is 6.54 Å². The molecule has 1 atom stereocenters. The highest BCUT2D eigenvalue weighted by molar-refractivity contribution is 5.80. The van der Waals surface area contributed by atoms with Crippen LogP contribution in [0.2, 0.25) is 0 Å². The highest BCUT2D eigenvalue weighted by Crippen LogP contribution is 2.19. The number of benzene rings is 1. The van der Waals surface area contributed by atoms with Crippen molar-refractivity contribution in [1.29, 1.82) is 0 Å². The van der Waals surface area contributed by atoms with Crippen molar-refractivity contribution in [3.05, 3.63) is 42.1 Å². The Balaban J connectivity index is 1.87. The van der Waals surface area contributed by atoms with E-state index in [4.69, 9.17) is 4.52 Å². The van der Waals surface area contributed by atoms with Crippen molar-refractivity contribution in [2.24, 2.45) is 4.99 Å². The lowest BCUT2D eigenvalue weighted by atomic mass is 10.1. The lowest BCUT2D eigenvalue weighted by Gasteiger charge is -2.21. The fourth-order valence-corrected chi connectivity index (χ4v) is 3.07. The van der Waals surface area contributed by atoms with Gasteiger partial charge in [0.15, 0.2) is 11.7 Å². The van der Waals surface area contributed by atoms with Crippen LogP contribution in [0.4, 0.5) is 0 Å². The summed E-state index contributed by atoms with van der Waals surface area (Å²) in [4.78, 5) is 7.13. The third-order valence-electron chi connectivity index (χ3n) is 4.75. The van der Waals surface area contributed by atoms with E-state index in [9.17, 15) is 0 Å². The molecule has 0 aliphatic carbocycles. The van der Waals surface area contributed by atoms with Crippen molar-refractivity contribution in [2.75, 3.05) is 26.2 Å². The molecule has 2 aromatic rings. The van der Waals surface area contributed by atoms with Gasteiger partial charge in [0.25, 0.3) is 0 Å². The molecule has 0 aliphatic rings. The van der Waals surface area contributed by atoms with Crippen LogP contribution in [0.25, 0.3) is 11.3 Å². The molecule has 0 aliphatic heterocycles. The fourth-order valence-electron chi connectivity index (χ4n) is 3.07. The van der Waals surface area contributed by atoms with E-state index in [1.807, 2.05) is 36.4 Å². The highest BCUT2D eigenvalue weighted by Gasteiger charge is 2.09. The summed E-state index contributed by atoms with van der Waals surface area (Å²) in [7, 11) is 0. The lowest BCUT2D eigenvalue weighted by Crippen LogP contribution is -2.42. The van der Waals surface area contributed by atoms with Crippen LogP contribution in [0.1, 0.15) is 46.2 Å². The Kier molecular flexibility index (Phi) is 9.55. The molecule has 0 saturated carbocycles. The number of guanidine groups is 1. The molecule has 0 radical (unpaired) electrons. The van der Waals surface area contributed by atoms with Crippen molar-refractivity contribution in [3.63, 3.8) is 0 Å². The first-order chi connectivity index (χ1) is 13.7. The largest absolute Gasteiger partial charge is 0.357 e. The van der Waals surface area contributed by atoms with Crippen molar-refractivity contribution in [1.82, 2.24) is 20.7 Å². The molecule has 0 bridgehead atoms. The summed E-state index contributed by atoms with van der Waals surface area (Å²) in [5, 5.41) is 11.0. The quantitative estimate of drug-likeness (QED) is 0.453. The van der Waals surface area contributed by atoms with Crippen LogP contribution in [-0.4, -0.2) is 48.2 Å². The van der Waals surface area contributed by atoms with Gasteiger partial charge in [-0.15, -0.1) is 0 Å². The monoisotopic (exact) mass is 385 g/mol. The first kappa shape index (κ1) is 22.0. The van der Waals surface area contributed by atoms with Gasteiger partial charge in [0, 0.05) is 24.2 Å². The summed E-state index contributed by atoms with van der Waals surface area (Å²) in [5.41, 5.74) is 1.85. The molecule has 0 amide bonds. The predicted octanol–water partition coefficient (Wildman–Crippen LogP) is 3.91. The predicted molar refractivity (Wildman–Crippen MR) is 116 cm³/mol. The summed E-state index contributed by atoms with van der Waals surface area (Å²) in [6.07, 6.45) is 2.29. The van der Waals surface area contributed by atoms with Crippen LogP contribution in [-0.2, 0) is 6.54 Å². The lowest BCUT2D eigenvalue weighted by molar-refractivity contribution is 0.292. The van der Waals surface area contributed by atoms with Gasteiger partial charge in [0.1, 0.15) is 5.69 Å². The molecule has 2 rings (SSSR count). The maximum atomic E-state index is 5.46. The number of hydrogen-bond donors (Lipinski definition) is 2. The van der Waals surface area contributed by atoms with Crippen molar-refractivity contribution in [2.45, 2.75) is 53.1 Å². The minimum Gasteiger partial charge on any atom is -0.357 e. The average Bonchev–Trinajstić information content (AvgIpc) is 3.19. The van der Waals surface area contributed by atoms with Crippen LogP contribution in [0.15, 0.2) is 45.9 Å². The van der Waals surface area contributed by atoms with Gasteiger partial charge in [-0.25, -0.2) is 4.99 Å². The Morgan fingerprint density at radius 1 is 1.18 bits per heavy atom. The van der Waals surface area contributed by atoms with E-state index in [-0.39, 0.29) is 0 Å². The van der Waals surface area contributed by atoms with E-state index < -0.39 is 0 Å². The van der Waals surface area contributed by atoms with Gasteiger partial charge in [0.2, 0.25) is 0 Å². The van der Waals surface area contributed by atoms with Crippen LogP contribution in [0.3, 0.4) is 0 Å². The van der Waals surface area contributed by atoms with Gasteiger partial charge < -0.3 is 20.1 Å². The zero-order valence-corrected chi connectivity index (χ0v) is 17.7. The summed E-state index contributed by atoms with van der Waals surface area (Å²) < 4.78 is 5.46. The third kappa shape index (κ3) is 7.35. The van der Waals surface area contributed by atoms with Gasteiger partial charge in [-0.2, -0.15) is 0 Å². The second-order valence-corrected chi connectivity index (χ2v) is 6.96. The van der Waals surface area contributed by atoms with E-state index >= 15 is 0 Å². The molecule has 6 nitrogen and oxygen atoms in total. The van der Waals surface area contributed by atoms with E-state index in [2.05, 4.69) is 53.4 Å². The van der Waals surface area contributed by atoms with Crippen LogP contribution in [0, 0.1) is 0 Å². The van der Waals surface area contributed by atoms with Crippen LogP contribution >= 0.6 is 0 Å². The zero-order valence-electron chi connectivity index (χ0n) is 17.7. The highest BCUT2D eigenvalue weighted by atomic mass is 16.5. The normalized spacial score (nSPS) is 13.0. The number of aromatic nitrogens is 1. The molecule has 28 heavy (non-hydrogen) atoms. The number of hydrogen-bond acceptors (Lipinski definition) is 4. The van der Waals surface area contributed by atoms with Gasteiger partial charge in [-0.05, 0) is 46.3 Å². The SMILES string of the molecule is CCNC(=NCc1cc(-c2ccccc2)on1)NC(C)CCCN(CC)CC. The topological polar surface area (TPSA) is 65.7 Å². The summed E-state index contributed by atoms with van der Waals surface area (Å²) in [6, 6.07) is 12.3. The molecule has 1 aromatic carbocycles. The van der Waals surface area contributed by atoms with Crippen molar-refractivity contribution in [3.8, 4) is 11.3 Å². The van der Waals surface area contributed by atoms with Crippen molar-refractivity contribution >= 4 is 5.96 Å². The van der Waals surface area contributed by atoms with Crippen LogP contribution in [0.5, 0.6) is 0 Å². The molecule has 0 saturated heterocycles. The average molecular weight is 386 g/mol. The number of nitrogens with one attached hydrogen (secondary N) is 2. The van der Waals surface area contributed by atoms with Gasteiger partial charge in [-0.3, -0.25) is 0 Å². The molecule has 154 valence electrons. The fraction of sp³-hybridized carbons (Fsp3) is 0.545. The standard InChI is InChI=1S/C22H35N5O/c1-5-23-22(25-18(4)12-11-15-27(6-2)7-3)24-17-20-16-21(28-26-20)19-13-9-8-10-14-19/h8-10,13-14,16,18H,5-7,11-12,15,17H2,1-4H3,(H2,23,24,25). The maximum Gasteiger partial charge on any atom is 0.191 e. The minimum atomic E-state index is 0.366. The first-order valence-electron chi connectivity index (χ1n) is 10.4. The van der Waals surface area contributed by atoms with Crippen molar-refractivity contribution < 1.29 is 4.52 Å². The minimum absolute atomic E-state index is 0.366. The Bertz CT molecular complexity index is 694. The van der Waals surface area contributed by atoms with Gasteiger partial charge in [-0.1, -0.05) is 49.3 Å². The van der Waals surface area contributed by atoms with Crippen LogP contribution < -0.4 is 10.6 Å². The van der Waals surface area contributed by atoms with Gasteiger partial charge >= 0.3 is 0 Å². The van der Waals surface area contributed by atoms with E-state index in [1.165, 1.54) is 6.42 Å². The Morgan fingerprint density at radius 2 is 1.93 bits per heavy atom. The zero-order chi connectivity index (χ0) is 20.2. The Labute approximate surface area is 169 Å². The third-order valence-corrected chi connectivity index (χ3v) is 4.75. The molecule has 2 N–H and O–H groups in total. The molecule has 1 unspecified atom stereocenters. The smallest absolute Gasteiger partial charge is 0.191 e. The number of nitrogens with zero attached hydrogens (tertiary/aromatic N) is 3. The Morgan fingerprint density at radius 3 is 2.61 bits per heavy atom. The van der Waals surface area contributed by atoms with E-state index in [0.29, 0.717) is 12.6 Å². The second kappa shape index (κ2) is 12.2. The molecule has 1 heterocycles. The summed E-state index contributed by atoms with van der Waals surface area (Å²) in [5.74, 6) is 1.59. The molecular weight excluding hydrogens is 350 g/mol. The number of aliphatic imine (C=N–C) groups is 1. The van der Waals surface area contributed by atoms with E-state index in [0.717, 1.165) is 55.6 Å². The molecular formula is C22H35N5O. The number of rotatable bonds is 11. The molecule has 0 spiro atoms. The summed E-state index contributed by atoms with van der Waals surface area (Å²) >= 11 is 0.